The normalized spacial score (nSPS) is 29.2. The van der Waals surface area contributed by atoms with Gasteiger partial charge in [0.05, 0.1) is 11.2 Å². The van der Waals surface area contributed by atoms with Crippen molar-refractivity contribution in [2.24, 2.45) is 11.3 Å². The van der Waals surface area contributed by atoms with Crippen molar-refractivity contribution in [3.05, 3.63) is 53.4 Å². The number of nitrogens with zero attached hydrogens (tertiary/aromatic N) is 2. The summed E-state index contributed by atoms with van der Waals surface area (Å²) in [5.41, 5.74) is 5.84. The van der Waals surface area contributed by atoms with Crippen LogP contribution in [0.2, 0.25) is 0 Å². The van der Waals surface area contributed by atoms with Gasteiger partial charge in [0, 0.05) is 16.8 Å². The van der Waals surface area contributed by atoms with Crippen LogP contribution < -0.4 is 4.90 Å². The number of hydrogen-bond acceptors (Lipinski definition) is 2. The summed E-state index contributed by atoms with van der Waals surface area (Å²) >= 11 is 0. The number of anilines is 1. The van der Waals surface area contributed by atoms with Gasteiger partial charge < -0.3 is 9.80 Å². The highest BCUT2D eigenvalue weighted by molar-refractivity contribution is 5.63. The molecule has 0 radical (unpaired) electrons. The maximum absolute atomic E-state index is 2.77. The van der Waals surface area contributed by atoms with Gasteiger partial charge in [0.15, 0.2) is 0 Å². The summed E-state index contributed by atoms with van der Waals surface area (Å²) in [7, 11) is 0. The number of para-hydroxylation sites is 1. The average Bonchev–Trinajstić information content (AvgIpc) is 3.26. The van der Waals surface area contributed by atoms with Gasteiger partial charge in [0.1, 0.15) is 6.17 Å². The van der Waals surface area contributed by atoms with E-state index in [9.17, 15) is 0 Å². The molecule has 0 spiro atoms. The van der Waals surface area contributed by atoms with Gasteiger partial charge in [0.25, 0.3) is 0 Å². The minimum atomic E-state index is 0.141. The van der Waals surface area contributed by atoms with Crippen LogP contribution in [0.3, 0.4) is 0 Å². The van der Waals surface area contributed by atoms with Gasteiger partial charge >= 0.3 is 0 Å². The van der Waals surface area contributed by atoms with Crippen LogP contribution >= 0.6 is 0 Å². The Balaban J connectivity index is 1.85. The Morgan fingerprint density at radius 3 is 2.31 bits per heavy atom. The molecule has 2 atom stereocenters. The summed E-state index contributed by atoms with van der Waals surface area (Å²) in [6, 6.07) is 8.85. The molecular weight excluding hydrogens is 316 g/mol. The van der Waals surface area contributed by atoms with E-state index in [1.807, 2.05) is 0 Å². The van der Waals surface area contributed by atoms with Crippen molar-refractivity contribution >= 4 is 5.69 Å². The van der Waals surface area contributed by atoms with Crippen molar-refractivity contribution < 1.29 is 0 Å². The van der Waals surface area contributed by atoms with Crippen LogP contribution in [0.1, 0.15) is 65.9 Å². The highest BCUT2D eigenvalue weighted by atomic mass is 15.5. The number of benzene rings is 1. The van der Waals surface area contributed by atoms with Gasteiger partial charge in [-0.3, -0.25) is 0 Å². The van der Waals surface area contributed by atoms with Gasteiger partial charge in [-0.15, -0.1) is 0 Å². The van der Waals surface area contributed by atoms with Crippen LogP contribution in [-0.4, -0.2) is 16.6 Å². The first-order valence-corrected chi connectivity index (χ1v) is 10.3. The molecule has 2 nitrogen and oxygen atoms in total. The summed E-state index contributed by atoms with van der Waals surface area (Å²) in [4.78, 5) is 5.38. The third-order valence-electron chi connectivity index (χ3n) is 6.91. The third kappa shape index (κ3) is 2.45. The second kappa shape index (κ2) is 5.90. The molecule has 140 valence electrons. The molecule has 2 heterocycles. The van der Waals surface area contributed by atoms with Crippen LogP contribution in [-0.2, 0) is 0 Å². The van der Waals surface area contributed by atoms with Crippen molar-refractivity contribution in [2.75, 3.05) is 4.90 Å². The van der Waals surface area contributed by atoms with Crippen LogP contribution in [0.4, 0.5) is 5.69 Å². The summed E-state index contributed by atoms with van der Waals surface area (Å²) in [6.07, 6.45) is 10.8. The number of aryl methyl sites for hydroxylation is 1. The minimum absolute atomic E-state index is 0.141. The highest BCUT2D eigenvalue weighted by Gasteiger charge is 2.54. The Labute approximate surface area is 159 Å². The molecule has 2 heteroatoms. The molecular formula is C24H34N2. The Morgan fingerprint density at radius 1 is 1.04 bits per heavy atom. The molecule has 4 rings (SSSR count). The summed E-state index contributed by atoms with van der Waals surface area (Å²) in [6.45, 7) is 14.2. The first-order valence-electron chi connectivity index (χ1n) is 10.3. The third-order valence-corrected chi connectivity index (χ3v) is 6.91. The van der Waals surface area contributed by atoms with Crippen molar-refractivity contribution in [1.29, 1.82) is 0 Å². The molecule has 0 bridgehead atoms. The molecule has 1 aliphatic carbocycles. The number of fused-ring (bicyclic) bond motifs is 1. The molecule has 0 amide bonds. The monoisotopic (exact) mass is 350 g/mol. The van der Waals surface area contributed by atoms with E-state index in [1.165, 1.54) is 48.3 Å². The molecule has 26 heavy (non-hydrogen) atoms. The second-order valence-corrected chi connectivity index (χ2v) is 9.78. The Bertz CT molecular complexity index is 761. The fourth-order valence-corrected chi connectivity index (χ4v) is 5.54. The first kappa shape index (κ1) is 17.7. The fraction of sp³-hybridized carbons (Fsp3) is 0.583. The molecule has 0 aromatic heterocycles. The average molecular weight is 351 g/mol. The topological polar surface area (TPSA) is 6.48 Å². The van der Waals surface area contributed by atoms with Gasteiger partial charge in [-0.1, -0.05) is 57.9 Å². The predicted octanol–water partition coefficient (Wildman–Crippen LogP) is 6.24. The van der Waals surface area contributed by atoms with Crippen LogP contribution in [0.25, 0.3) is 0 Å². The largest absolute Gasteiger partial charge is 0.340 e. The lowest BCUT2D eigenvalue weighted by molar-refractivity contribution is 0.0563. The lowest BCUT2D eigenvalue weighted by Crippen LogP contribution is -2.57. The van der Waals surface area contributed by atoms with E-state index in [0.717, 1.165) is 5.92 Å². The standard InChI is InChI=1S/C24H34N2/c1-17-11-7-10-14-20(17)25-18(2)21-15-16-24(6,19-12-8-9-13-19)26(21)22(25)23(3,4)5/h7,10-11,14-16,19,22H,8-9,12-13H2,1-6H3. The number of rotatable bonds is 2. The molecule has 0 saturated heterocycles. The van der Waals surface area contributed by atoms with Crippen molar-refractivity contribution in [1.82, 2.24) is 4.90 Å². The maximum atomic E-state index is 2.77. The summed E-state index contributed by atoms with van der Waals surface area (Å²) in [5, 5.41) is 0. The van der Waals surface area contributed by atoms with Crippen LogP contribution in [0, 0.1) is 18.3 Å². The zero-order valence-corrected chi connectivity index (χ0v) is 17.3. The molecule has 0 N–H and O–H groups in total. The summed E-state index contributed by atoms with van der Waals surface area (Å²) in [5.74, 6) is 0.769. The fourth-order valence-electron chi connectivity index (χ4n) is 5.54. The molecule has 1 aromatic carbocycles. The van der Waals surface area contributed by atoms with Gasteiger partial charge in [0.2, 0.25) is 0 Å². The van der Waals surface area contributed by atoms with Gasteiger partial charge in [-0.05, 0) is 57.2 Å². The van der Waals surface area contributed by atoms with E-state index >= 15 is 0 Å². The lowest BCUT2D eigenvalue weighted by atomic mass is 9.81. The molecule has 1 fully saturated rings. The molecule has 1 saturated carbocycles. The second-order valence-electron chi connectivity index (χ2n) is 9.78. The van der Waals surface area contributed by atoms with E-state index in [-0.39, 0.29) is 11.0 Å². The maximum Gasteiger partial charge on any atom is 0.112 e. The lowest BCUT2D eigenvalue weighted by Gasteiger charge is -2.50. The molecule has 2 aliphatic heterocycles. The van der Waals surface area contributed by atoms with Crippen LogP contribution in [0.5, 0.6) is 0 Å². The van der Waals surface area contributed by atoms with Crippen molar-refractivity contribution in [3.63, 3.8) is 0 Å². The summed E-state index contributed by atoms with van der Waals surface area (Å²) < 4.78 is 0. The van der Waals surface area contributed by atoms with Crippen molar-refractivity contribution in [3.8, 4) is 0 Å². The van der Waals surface area contributed by atoms with E-state index < -0.39 is 0 Å². The van der Waals surface area contributed by atoms with E-state index in [1.54, 1.807) is 0 Å². The van der Waals surface area contributed by atoms with Gasteiger partial charge in [-0.2, -0.15) is 0 Å². The number of hydrogen-bond donors (Lipinski definition) is 0. The zero-order valence-electron chi connectivity index (χ0n) is 17.3. The van der Waals surface area contributed by atoms with Crippen LogP contribution in [0.15, 0.2) is 47.8 Å². The predicted molar refractivity (Wildman–Crippen MR) is 111 cm³/mol. The molecule has 3 aliphatic rings. The van der Waals surface area contributed by atoms with Gasteiger partial charge in [-0.25, -0.2) is 0 Å². The Morgan fingerprint density at radius 2 is 1.69 bits per heavy atom. The SMILES string of the molecule is CC1=C2C=CC(C)(C3CCCC3)N2C(C(C)(C)C)N1c1ccccc1C. The smallest absolute Gasteiger partial charge is 0.112 e. The number of allylic oxidation sites excluding steroid dienone is 2. The molecule has 2 unspecified atom stereocenters. The highest BCUT2D eigenvalue weighted by Crippen LogP contribution is 2.53. The van der Waals surface area contributed by atoms with E-state index in [0.29, 0.717) is 6.17 Å². The van der Waals surface area contributed by atoms with E-state index in [2.05, 4.69) is 87.8 Å². The first-order chi connectivity index (χ1) is 12.2. The van der Waals surface area contributed by atoms with E-state index in [4.69, 9.17) is 0 Å². The van der Waals surface area contributed by atoms with Crippen molar-refractivity contribution in [2.45, 2.75) is 78.9 Å². The Hall–Kier alpha value is -1.70. The zero-order chi connectivity index (χ0) is 18.7. The Kier molecular flexibility index (Phi) is 4.02. The minimum Gasteiger partial charge on any atom is -0.340 e. The molecule has 1 aromatic rings. The quantitative estimate of drug-likeness (QED) is 0.623.